The molecule has 1 aliphatic carbocycles. The monoisotopic (exact) mass is 325 g/mol. The second-order valence-electron chi connectivity index (χ2n) is 5.49. The van der Waals surface area contributed by atoms with Gasteiger partial charge in [0.1, 0.15) is 5.69 Å². The summed E-state index contributed by atoms with van der Waals surface area (Å²) in [6.07, 6.45) is -3.67. The lowest BCUT2D eigenvalue weighted by Crippen LogP contribution is -2.26. The molecule has 1 fully saturated rings. The van der Waals surface area contributed by atoms with Crippen molar-refractivity contribution in [1.82, 2.24) is 10.5 Å². The van der Waals surface area contributed by atoms with Crippen LogP contribution in [0.15, 0.2) is 34.9 Å². The highest BCUT2D eigenvalue weighted by molar-refractivity contribution is 5.92. The second kappa shape index (κ2) is 5.69. The molecule has 8 heteroatoms. The number of nitrogens with zero attached hydrogens (tertiary/aromatic N) is 1. The Balaban J connectivity index is 1.78. The number of rotatable bonds is 4. The maximum atomic E-state index is 13.0. The van der Waals surface area contributed by atoms with Crippen molar-refractivity contribution in [2.45, 2.75) is 18.6 Å². The summed E-state index contributed by atoms with van der Waals surface area (Å²) < 4.78 is 43.9. The Morgan fingerprint density at radius 1 is 1.39 bits per heavy atom. The standard InChI is InChI=1S/C15H14F3N3O2/c16-15(17,18)10-4-2-1-3-9(10)12-6-13(23-21-12)14(22)20-7-8-5-11(8)19/h1-4,6,8,11H,5,7,19H2,(H,20,22)/t8-,11-/m1/s1. The normalized spacial score (nSPS) is 20.3. The number of amides is 1. The number of hydrogen-bond donors (Lipinski definition) is 2. The summed E-state index contributed by atoms with van der Waals surface area (Å²) in [7, 11) is 0. The van der Waals surface area contributed by atoms with E-state index in [1.54, 1.807) is 0 Å². The van der Waals surface area contributed by atoms with Crippen LogP contribution >= 0.6 is 0 Å². The van der Waals surface area contributed by atoms with E-state index in [1.807, 2.05) is 0 Å². The van der Waals surface area contributed by atoms with Gasteiger partial charge in [-0.3, -0.25) is 4.79 Å². The zero-order valence-corrected chi connectivity index (χ0v) is 11.9. The Bertz CT molecular complexity index is 727. The van der Waals surface area contributed by atoms with Crippen molar-refractivity contribution in [3.8, 4) is 11.3 Å². The van der Waals surface area contributed by atoms with Crippen molar-refractivity contribution in [1.29, 1.82) is 0 Å². The van der Waals surface area contributed by atoms with Crippen LogP contribution in [0.25, 0.3) is 11.3 Å². The minimum Gasteiger partial charge on any atom is -0.350 e. The van der Waals surface area contributed by atoms with Gasteiger partial charge in [-0.1, -0.05) is 23.4 Å². The molecule has 1 aromatic carbocycles. The number of alkyl halides is 3. The van der Waals surface area contributed by atoms with Gasteiger partial charge in [0.05, 0.1) is 5.56 Å². The summed E-state index contributed by atoms with van der Waals surface area (Å²) in [6, 6.07) is 6.29. The number of benzene rings is 1. The van der Waals surface area contributed by atoms with Gasteiger partial charge in [0, 0.05) is 24.2 Å². The Morgan fingerprint density at radius 2 is 2.09 bits per heavy atom. The first kappa shape index (κ1) is 15.5. The van der Waals surface area contributed by atoms with Crippen molar-refractivity contribution >= 4 is 5.91 Å². The van der Waals surface area contributed by atoms with Gasteiger partial charge in [-0.2, -0.15) is 13.2 Å². The van der Waals surface area contributed by atoms with E-state index in [2.05, 4.69) is 10.5 Å². The van der Waals surface area contributed by atoms with E-state index < -0.39 is 17.6 Å². The predicted octanol–water partition coefficient (Wildman–Crippen LogP) is 2.44. The van der Waals surface area contributed by atoms with E-state index in [9.17, 15) is 18.0 Å². The number of nitrogens with two attached hydrogens (primary N) is 1. The van der Waals surface area contributed by atoms with Gasteiger partial charge >= 0.3 is 6.18 Å². The Kier molecular flexibility index (Phi) is 3.85. The summed E-state index contributed by atoms with van der Waals surface area (Å²) in [4.78, 5) is 11.9. The van der Waals surface area contributed by atoms with Crippen molar-refractivity contribution in [3.05, 3.63) is 41.7 Å². The number of halogens is 3. The lowest BCUT2D eigenvalue weighted by Gasteiger charge is -2.10. The Morgan fingerprint density at radius 3 is 2.74 bits per heavy atom. The molecule has 1 saturated carbocycles. The summed E-state index contributed by atoms with van der Waals surface area (Å²) in [5, 5.41) is 6.20. The highest BCUT2D eigenvalue weighted by Crippen LogP contribution is 2.36. The molecule has 1 amide bonds. The molecule has 3 N–H and O–H groups in total. The van der Waals surface area contributed by atoms with Gasteiger partial charge in [0.15, 0.2) is 0 Å². The topological polar surface area (TPSA) is 81.1 Å². The third kappa shape index (κ3) is 3.37. The summed E-state index contributed by atoms with van der Waals surface area (Å²) in [6.45, 7) is 0.412. The fourth-order valence-corrected chi connectivity index (χ4v) is 2.28. The van der Waals surface area contributed by atoms with Gasteiger partial charge < -0.3 is 15.6 Å². The number of carbonyl (C=O) groups excluding carboxylic acids is 1. The van der Waals surface area contributed by atoms with Crippen LogP contribution < -0.4 is 11.1 Å². The van der Waals surface area contributed by atoms with Crippen LogP contribution in [-0.4, -0.2) is 23.7 Å². The van der Waals surface area contributed by atoms with Crippen molar-refractivity contribution in [2.24, 2.45) is 11.7 Å². The van der Waals surface area contributed by atoms with Crippen LogP contribution in [-0.2, 0) is 6.18 Å². The Hall–Kier alpha value is -2.35. The lowest BCUT2D eigenvalue weighted by atomic mass is 10.0. The Labute approximate surface area is 129 Å². The average Bonchev–Trinajstić information content (AvgIpc) is 3.01. The van der Waals surface area contributed by atoms with E-state index in [-0.39, 0.29) is 29.0 Å². The molecule has 1 aliphatic rings. The third-order valence-corrected chi connectivity index (χ3v) is 3.74. The van der Waals surface area contributed by atoms with E-state index >= 15 is 0 Å². The number of aromatic nitrogens is 1. The predicted molar refractivity (Wildman–Crippen MR) is 75.4 cm³/mol. The molecule has 0 bridgehead atoms. The minimum atomic E-state index is -4.51. The van der Waals surface area contributed by atoms with Gasteiger partial charge in [-0.15, -0.1) is 0 Å². The van der Waals surface area contributed by atoms with Crippen molar-refractivity contribution in [2.75, 3.05) is 6.54 Å². The zero-order valence-electron chi connectivity index (χ0n) is 11.9. The van der Waals surface area contributed by atoms with Crippen LogP contribution in [0.1, 0.15) is 22.5 Å². The molecule has 23 heavy (non-hydrogen) atoms. The maximum absolute atomic E-state index is 13.0. The first-order valence-corrected chi connectivity index (χ1v) is 7.03. The van der Waals surface area contributed by atoms with E-state index in [1.165, 1.54) is 24.3 Å². The maximum Gasteiger partial charge on any atom is 0.417 e. The molecule has 2 atom stereocenters. The summed E-state index contributed by atoms with van der Waals surface area (Å²) in [5.41, 5.74) is 4.64. The molecule has 0 radical (unpaired) electrons. The van der Waals surface area contributed by atoms with E-state index in [0.29, 0.717) is 6.54 Å². The van der Waals surface area contributed by atoms with E-state index in [0.717, 1.165) is 12.5 Å². The summed E-state index contributed by atoms with van der Waals surface area (Å²) >= 11 is 0. The van der Waals surface area contributed by atoms with Crippen molar-refractivity contribution < 1.29 is 22.5 Å². The van der Waals surface area contributed by atoms with Crippen LogP contribution in [0.5, 0.6) is 0 Å². The average molecular weight is 325 g/mol. The van der Waals surface area contributed by atoms with E-state index in [4.69, 9.17) is 10.3 Å². The van der Waals surface area contributed by atoms with Gasteiger partial charge in [0.2, 0.25) is 5.76 Å². The SMILES string of the molecule is N[C@@H]1C[C@@H]1CNC(=O)c1cc(-c2ccccc2C(F)(F)F)no1. The minimum absolute atomic E-state index is 0.0359. The molecule has 1 aromatic heterocycles. The highest BCUT2D eigenvalue weighted by atomic mass is 19.4. The smallest absolute Gasteiger partial charge is 0.350 e. The number of hydrogen-bond acceptors (Lipinski definition) is 4. The van der Waals surface area contributed by atoms with Crippen molar-refractivity contribution in [3.63, 3.8) is 0 Å². The molecular formula is C15H14F3N3O2. The molecule has 2 aromatic rings. The quantitative estimate of drug-likeness (QED) is 0.905. The van der Waals surface area contributed by atoms with Gasteiger partial charge in [-0.05, 0) is 18.4 Å². The largest absolute Gasteiger partial charge is 0.417 e. The molecule has 0 aliphatic heterocycles. The van der Waals surface area contributed by atoms with Crippen LogP contribution in [0, 0.1) is 5.92 Å². The molecule has 5 nitrogen and oxygen atoms in total. The molecule has 0 unspecified atom stereocenters. The molecule has 0 spiro atoms. The first-order chi connectivity index (χ1) is 10.9. The fourth-order valence-electron chi connectivity index (χ4n) is 2.28. The van der Waals surface area contributed by atoms with Crippen LogP contribution in [0.3, 0.4) is 0 Å². The molecule has 1 heterocycles. The third-order valence-electron chi connectivity index (χ3n) is 3.74. The number of nitrogens with one attached hydrogen (secondary N) is 1. The second-order valence-corrected chi connectivity index (χ2v) is 5.49. The fraction of sp³-hybridized carbons (Fsp3) is 0.333. The molecule has 0 saturated heterocycles. The summed E-state index contributed by atoms with van der Waals surface area (Å²) in [5.74, 6) is -0.411. The first-order valence-electron chi connectivity index (χ1n) is 7.03. The lowest BCUT2D eigenvalue weighted by molar-refractivity contribution is -0.137. The molecule has 122 valence electrons. The van der Waals surface area contributed by atoms with Crippen LogP contribution in [0.4, 0.5) is 13.2 Å². The molecular weight excluding hydrogens is 311 g/mol. The highest BCUT2D eigenvalue weighted by Gasteiger charge is 2.35. The number of carbonyl (C=O) groups is 1. The van der Waals surface area contributed by atoms with Gasteiger partial charge in [0.25, 0.3) is 5.91 Å². The van der Waals surface area contributed by atoms with Crippen LogP contribution in [0.2, 0.25) is 0 Å². The molecule has 3 rings (SSSR count). The zero-order chi connectivity index (χ0) is 16.6. The van der Waals surface area contributed by atoms with Gasteiger partial charge in [-0.25, -0.2) is 0 Å².